The van der Waals surface area contributed by atoms with Crippen LogP contribution in [0.2, 0.25) is 0 Å². The Hall–Kier alpha value is -2.28. The van der Waals surface area contributed by atoms with Gasteiger partial charge in [-0.1, -0.05) is 17.4 Å². The largest absolute Gasteiger partial charge is 0.465 e. The van der Waals surface area contributed by atoms with E-state index < -0.39 is 5.97 Å². The van der Waals surface area contributed by atoms with Crippen molar-refractivity contribution in [3.63, 3.8) is 0 Å². The third kappa shape index (κ3) is 2.94. The minimum Gasteiger partial charge on any atom is -0.465 e. The Morgan fingerprint density at radius 1 is 1.53 bits per heavy atom. The van der Waals surface area contributed by atoms with E-state index in [2.05, 4.69) is 10.3 Å². The number of aromatic amines is 1. The van der Waals surface area contributed by atoms with Crippen molar-refractivity contribution in [2.24, 2.45) is 0 Å². The highest BCUT2D eigenvalue weighted by Crippen LogP contribution is 2.24. The molecule has 0 aliphatic rings. The monoisotopic (exact) mass is 279 g/mol. The Morgan fingerprint density at radius 2 is 2.32 bits per heavy atom. The molecule has 0 saturated heterocycles. The SMILES string of the molecule is COC(=O)c1cccc(N)c1NCc1csc(=O)[nH]1. The second-order valence-electron chi connectivity index (χ2n) is 3.79. The number of ether oxygens (including phenoxy) is 1. The predicted molar refractivity (Wildman–Crippen MR) is 74.5 cm³/mol. The van der Waals surface area contributed by atoms with Crippen molar-refractivity contribution in [3.05, 3.63) is 44.5 Å². The lowest BCUT2D eigenvalue weighted by molar-refractivity contribution is 0.0602. The lowest BCUT2D eigenvalue weighted by Gasteiger charge is -2.12. The summed E-state index contributed by atoms with van der Waals surface area (Å²) in [7, 11) is 1.31. The van der Waals surface area contributed by atoms with Crippen LogP contribution in [0.1, 0.15) is 16.1 Å². The maximum Gasteiger partial charge on any atom is 0.340 e. The molecule has 2 aromatic rings. The Bertz CT molecular complexity index is 648. The third-order valence-electron chi connectivity index (χ3n) is 2.53. The summed E-state index contributed by atoms with van der Waals surface area (Å²) in [4.78, 5) is 25.2. The molecule has 100 valence electrons. The molecule has 0 bridgehead atoms. The van der Waals surface area contributed by atoms with Gasteiger partial charge in [0.05, 0.1) is 30.6 Å². The van der Waals surface area contributed by atoms with E-state index in [0.717, 1.165) is 17.0 Å². The summed E-state index contributed by atoms with van der Waals surface area (Å²) in [5.74, 6) is -0.464. The van der Waals surface area contributed by atoms with Crippen LogP contribution in [0.5, 0.6) is 0 Å². The van der Waals surface area contributed by atoms with Crippen LogP contribution in [-0.4, -0.2) is 18.1 Å². The summed E-state index contributed by atoms with van der Waals surface area (Å²) in [5, 5.41) is 4.75. The molecule has 1 heterocycles. The summed E-state index contributed by atoms with van der Waals surface area (Å²) >= 11 is 1.08. The van der Waals surface area contributed by atoms with Gasteiger partial charge in [-0.3, -0.25) is 4.79 Å². The minimum atomic E-state index is -0.464. The molecule has 1 aromatic carbocycles. The summed E-state index contributed by atoms with van der Waals surface area (Å²) in [6.07, 6.45) is 0. The zero-order chi connectivity index (χ0) is 13.8. The van der Waals surface area contributed by atoms with Crippen LogP contribution >= 0.6 is 11.3 Å². The molecule has 0 aliphatic heterocycles. The number of benzene rings is 1. The molecule has 2 rings (SSSR count). The lowest BCUT2D eigenvalue weighted by atomic mass is 10.1. The zero-order valence-electron chi connectivity index (χ0n) is 10.2. The first-order valence-corrected chi connectivity index (χ1v) is 6.37. The number of carbonyl (C=O) groups excluding carboxylic acids is 1. The molecular weight excluding hydrogens is 266 g/mol. The standard InChI is InChI=1S/C12H13N3O3S/c1-18-11(16)8-3-2-4-9(13)10(8)14-5-7-6-19-12(17)15-7/h2-4,6,14H,5,13H2,1H3,(H,15,17). The van der Waals surface area contributed by atoms with E-state index >= 15 is 0 Å². The number of methoxy groups -OCH3 is 1. The van der Waals surface area contributed by atoms with Gasteiger partial charge in [0.15, 0.2) is 0 Å². The van der Waals surface area contributed by atoms with E-state index in [1.165, 1.54) is 7.11 Å². The van der Waals surface area contributed by atoms with Crippen LogP contribution in [0.4, 0.5) is 11.4 Å². The van der Waals surface area contributed by atoms with Crippen molar-refractivity contribution in [2.75, 3.05) is 18.2 Å². The van der Waals surface area contributed by atoms with Crippen molar-refractivity contribution in [1.29, 1.82) is 0 Å². The molecule has 19 heavy (non-hydrogen) atoms. The van der Waals surface area contributed by atoms with Crippen LogP contribution in [0.25, 0.3) is 0 Å². The van der Waals surface area contributed by atoms with Gasteiger partial charge in [0.2, 0.25) is 0 Å². The molecule has 0 unspecified atom stereocenters. The molecule has 6 nitrogen and oxygen atoms in total. The Labute approximate surface area is 113 Å². The number of nitrogen functional groups attached to an aromatic ring is 1. The molecule has 1 aromatic heterocycles. The topological polar surface area (TPSA) is 97.2 Å². The fourth-order valence-electron chi connectivity index (χ4n) is 1.63. The summed E-state index contributed by atoms with van der Waals surface area (Å²) in [5.41, 5.74) is 7.88. The highest BCUT2D eigenvalue weighted by Gasteiger charge is 2.13. The van der Waals surface area contributed by atoms with E-state index in [0.29, 0.717) is 23.5 Å². The van der Waals surface area contributed by atoms with Gasteiger partial charge in [-0.2, -0.15) is 0 Å². The first kappa shape index (κ1) is 13.2. The van der Waals surface area contributed by atoms with Crippen LogP contribution in [0.3, 0.4) is 0 Å². The third-order valence-corrected chi connectivity index (χ3v) is 3.25. The number of rotatable bonds is 4. The summed E-state index contributed by atoms with van der Waals surface area (Å²) in [6.45, 7) is 0.372. The second kappa shape index (κ2) is 5.57. The van der Waals surface area contributed by atoms with E-state index in [1.54, 1.807) is 23.6 Å². The van der Waals surface area contributed by atoms with Crippen molar-refractivity contribution in [2.45, 2.75) is 6.54 Å². The molecule has 0 radical (unpaired) electrons. The first-order chi connectivity index (χ1) is 9.11. The quantitative estimate of drug-likeness (QED) is 0.581. The average Bonchev–Trinajstić information content (AvgIpc) is 2.82. The van der Waals surface area contributed by atoms with Gasteiger partial charge in [-0.15, -0.1) is 0 Å². The summed E-state index contributed by atoms with van der Waals surface area (Å²) in [6, 6.07) is 4.99. The highest BCUT2D eigenvalue weighted by molar-refractivity contribution is 7.07. The van der Waals surface area contributed by atoms with Gasteiger partial charge in [0.1, 0.15) is 0 Å². The van der Waals surface area contributed by atoms with E-state index in [4.69, 9.17) is 10.5 Å². The van der Waals surface area contributed by atoms with Gasteiger partial charge in [-0.25, -0.2) is 4.79 Å². The maximum absolute atomic E-state index is 11.6. The average molecular weight is 279 g/mol. The number of hydrogen-bond donors (Lipinski definition) is 3. The molecular formula is C12H13N3O3S. The van der Waals surface area contributed by atoms with Crippen molar-refractivity contribution < 1.29 is 9.53 Å². The van der Waals surface area contributed by atoms with Crippen molar-refractivity contribution >= 4 is 28.7 Å². The lowest BCUT2D eigenvalue weighted by Crippen LogP contribution is -2.11. The number of esters is 1. The van der Waals surface area contributed by atoms with Crippen LogP contribution in [0.15, 0.2) is 28.4 Å². The van der Waals surface area contributed by atoms with E-state index in [1.807, 2.05) is 0 Å². The number of nitrogens with two attached hydrogens (primary N) is 1. The number of nitrogens with one attached hydrogen (secondary N) is 2. The highest BCUT2D eigenvalue weighted by atomic mass is 32.1. The second-order valence-corrected chi connectivity index (χ2v) is 4.63. The Morgan fingerprint density at radius 3 is 2.95 bits per heavy atom. The Kier molecular flexibility index (Phi) is 3.86. The molecule has 0 spiro atoms. The van der Waals surface area contributed by atoms with Gasteiger partial charge in [0.25, 0.3) is 0 Å². The molecule has 0 amide bonds. The summed E-state index contributed by atoms with van der Waals surface area (Å²) < 4.78 is 4.70. The predicted octanol–water partition coefficient (Wildman–Crippen LogP) is 1.42. The number of hydrogen-bond acceptors (Lipinski definition) is 6. The van der Waals surface area contributed by atoms with Gasteiger partial charge >= 0.3 is 10.8 Å². The zero-order valence-corrected chi connectivity index (χ0v) is 11.0. The van der Waals surface area contributed by atoms with E-state index in [-0.39, 0.29) is 4.87 Å². The molecule has 0 aliphatic carbocycles. The van der Waals surface area contributed by atoms with Gasteiger partial charge in [0, 0.05) is 11.1 Å². The number of carbonyl (C=O) groups is 1. The molecule has 4 N–H and O–H groups in total. The minimum absolute atomic E-state index is 0.119. The van der Waals surface area contributed by atoms with E-state index in [9.17, 15) is 9.59 Å². The number of para-hydroxylation sites is 1. The maximum atomic E-state index is 11.6. The van der Waals surface area contributed by atoms with Crippen LogP contribution < -0.4 is 15.9 Å². The fraction of sp³-hybridized carbons (Fsp3) is 0.167. The number of anilines is 2. The van der Waals surface area contributed by atoms with Crippen molar-refractivity contribution in [3.8, 4) is 0 Å². The molecule has 7 heteroatoms. The normalized spacial score (nSPS) is 10.2. The first-order valence-electron chi connectivity index (χ1n) is 5.49. The Balaban J connectivity index is 2.23. The number of thiazole rings is 1. The van der Waals surface area contributed by atoms with Crippen LogP contribution in [-0.2, 0) is 11.3 Å². The molecule has 0 atom stereocenters. The fourth-order valence-corrected chi connectivity index (χ4v) is 2.21. The van der Waals surface area contributed by atoms with Gasteiger partial charge in [-0.05, 0) is 12.1 Å². The number of aromatic nitrogens is 1. The number of H-pyrrole nitrogens is 1. The smallest absolute Gasteiger partial charge is 0.340 e. The molecule has 0 fully saturated rings. The van der Waals surface area contributed by atoms with Gasteiger partial charge < -0.3 is 20.8 Å². The molecule has 0 saturated carbocycles. The van der Waals surface area contributed by atoms with Crippen LogP contribution in [0, 0.1) is 0 Å². The van der Waals surface area contributed by atoms with Crippen molar-refractivity contribution in [1.82, 2.24) is 4.98 Å².